The second-order valence-electron chi connectivity index (χ2n) is 6.58. The summed E-state index contributed by atoms with van der Waals surface area (Å²) in [4.78, 5) is 25.9. The summed E-state index contributed by atoms with van der Waals surface area (Å²) in [5.74, 6) is 0.825. The summed E-state index contributed by atoms with van der Waals surface area (Å²) in [7, 11) is 3.23. The molecule has 0 aliphatic heterocycles. The van der Waals surface area contributed by atoms with Crippen molar-refractivity contribution < 1.29 is 14.1 Å². The number of nitrogens with zero attached hydrogens (tertiary/aromatic N) is 4. The highest BCUT2D eigenvalue weighted by Crippen LogP contribution is 2.29. The van der Waals surface area contributed by atoms with E-state index in [1.54, 1.807) is 38.5 Å². The summed E-state index contributed by atoms with van der Waals surface area (Å²) >= 11 is 0. The minimum absolute atomic E-state index is 0.263. The Kier molecular flexibility index (Phi) is 5.57. The van der Waals surface area contributed by atoms with E-state index in [2.05, 4.69) is 30.7 Å². The van der Waals surface area contributed by atoms with Crippen molar-refractivity contribution in [3.63, 3.8) is 0 Å². The number of benzene rings is 1. The molecular formula is C22H20N6O3. The highest BCUT2D eigenvalue weighted by Gasteiger charge is 2.23. The van der Waals surface area contributed by atoms with Crippen molar-refractivity contribution in [2.45, 2.75) is 6.92 Å². The zero-order valence-electron chi connectivity index (χ0n) is 17.2. The molecular weight excluding hydrogens is 396 g/mol. The number of pyridine rings is 1. The third-order valence-electron chi connectivity index (χ3n) is 4.61. The smallest absolute Gasteiger partial charge is 0.261 e. The van der Waals surface area contributed by atoms with Gasteiger partial charge in [0.25, 0.3) is 5.91 Å². The first-order chi connectivity index (χ1) is 15.1. The van der Waals surface area contributed by atoms with Crippen LogP contribution in [0.15, 0.2) is 59.4 Å². The number of ether oxygens (including phenoxy) is 1. The molecule has 0 aliphatic rings. The van der Waals surface area contributed by atoms with Gasteiger partial charge in [-0.2, -0.15) is 0 Å². The number of rotatable bonds is 6. The van der Waals surface area contributed by atoms with Crippen LogP contribution in [-0.2, 0) is 0 Å². The van der Waals surface area contributed by atoms with Gasteiger partial charge >= 0.3 is 0 Å². The van der Waals surface area contributed by atoms with Crippen LogP contribution in [0.1, 0.15) is 16.1 Å². The van der Waals surface area contributed by atoms with Gasteiger partial charge in [0.05, 0.1) is 12.8 Å². The van der Waals surface area contributed by atoms with E-state index in [0.717, 1.165) is 11.1 Å². The molecule has 31 heavy (non-hydrogen) atoms. The summed E-state index contributed by atoms with van der Waals surface area (Å²) in [5, 5.41) is 9.77. The van der Waals surface area contributed by atoms with Crippen molar-refractivity contribution in [3.05, 3.63) is 66.2 Å². The molecule has 1 aromatic carbocycles. The van der Waals surface area contributed by atoms with Crippen molar-refractivity contribution in [2.24, 2.45) is 0 Å². The molecule has 0 unspecified atom stereocenters. The Hall–Kier alpha value is -4.27. The molecule has 2 N–H and O–H groups in total. The van der Waals surface area contributed by atoms with Crippen molar-refractivity contribution in [1.29, 1.82) is 0 Å². The van der Waals surface area contributed by atoms with Gasteiger partial charge in [0, 0.05) is 30.6 Å². The number of carbonyl (C=O) groups is 1. The average Bonchev–Trinajstić information content (AvgIpc) is 3.21. The summed E-state index contributed by atoms with van der Waals surface area (Å²) < 4.78 is 10.7. The minimum atomic E-state index is -0.368. The Bertz CT molecular complexity index is 1210. The number of methoxy groups -OCH3 is 1. The van der Waals surface area contributed by atoms with Gasteiger partial charge in [-0.1, -0.05) is 35.5 Å². The van der Waals surface area contributed by atoms with Crippen LogP contribution in [0, 0.1) is 6.92 Å². The second-order valence-corrected chi connectivity index (χ2v) is 6.58. The van der Waals surface area contributed by atoms with Gasteiger partial charge in [-0.3, -0.25) is 4.79 Å². The quantitative estimate of drug-likeness (QED) is 0.488. The average molecular weight is 416 g/mol. The Balaban J connectivity index is 1.63. The number of carbonyl (C=O) groups excluding carboxylic acids is 1. The number of aromatic nitrogens is 4. The molecule has 4 rings (SSSR count). The van der Waals surface area contributed by atoms with E-state index >= 15 is 0 Å². The number of hydrogen-bond acceptors (Lipinski definition) is 8. The number of nitrogens with one attached hydrogen (secondary N) is 2. The largest absolute Gasteiger partial charge is 0.479 e. The second kappa shape index (κ2) is 8.62. The maximum absolute atomic E-state index is 13.1. The molecule has 0 radical (unpaired) electrons. The predicted molar refractivity (Wildman–Crippen MR) is 116 cm³/mol. The van der Waals surface area contributed by atoms with Gasteiger partial charge in [-0.25, -0.2) is 15.0 Å². The Labute approximate surface area is 178 Å². The van der Waals surface area contributed by atoms with E-state index in [-0.39, 0.29) is 11.8 Å². The van der Waals surface area contributed by atoms with Gasteiger partial charge in [0.15, 0.2) is 0 Å². The first kappa shape index (κ1) is 20.0. The van der Waals surface area contributed by atoms with Gasteiger partial charge in [0.2, 0.25) is 11.8 Å². The fourth-order valence-corrected chi connectivity index (χ4v) is 3.06. The lowest BCUT2D eigenvalue weighted by molar-refractivity contribution is 0.102. The van der Waals surface area contributed by atoms with Crippen LogP contribution < -0.4 is 15.4 Å². The minimum Gasteiger partial charge on any atom is -0.479 e. The highest BCUT2D eigenvalue weighted by molar-refractivity contribution is 6.09. The lowest BCUT2D eigenvalue weighted by Gasteiger charge is -2.11. The van der Waals surface area contributed by atoms with E-state index in [1.165, 1.54) is 7.11 Å². The van der Waals surface area contributed by atoms with Gasteiger partial charge < -0.3 is 19.9 Å². The summed E-state index contributed by atoms with van der Waals surface area (Å²) in [5.41, 5.74) is 3.37. The Morgan fingerprint density at radius 2 is 1.77 bits per heavy atom. The van der Waals surface area contributed by atoms with Crippen molar-refractivity contribution in [2.75, 3.05) is 24.8 Å². The first-order valence-electron chi connectivity index (χ1n) is 9.49. The van der Waals surface area contributed by atoms with Crippen molar-refractivity contribution >= 4 is 17.5 Å². The molecule has 1 amide bonds. The van der Waals surface area contributed by atoms with E-state index in [4.69, 9.17) is 9.26 Å². The fourth-order valence-electron chi connectivity index (χ4n) is 3.06. The highest BCUT2D eigenvalue weighted by atomic mass is 16.5. The van der Waals surface area contributed by atoms with Crippen LogP contribution in [-0.4, -0.2) is 40.2 Å². The molecule has 0 spiro atoms. The zero-order chi connectivity index (χ0) is 21.8. The van der Waals surface area contributed by atoms with Crippen LogP contribution >= 0.6 is 0 Å². The molecule has 0 atom stereocenters. The number of amides is 1. The van der Waals surface area contributed by atoms with Crippen molar-refractivity contribution in [3.8, 4) is 28.4 Å². The van der Waals surface area contributed by atoms with Crippen LogP contribution in [0.4, 0.5) is 11.6 Å². The Morgan fingerprint density at radius 1 is 1.03 bits per heavy atom. The number of hydrogen-bond donors (Lipinski definition) is 2. The lowest BCUT2D eigenvalue weighted by Crippen LogP contribution is -2.14. The van der Waals surface area contributed by atoms with E-state index in [9.17, 15) is 4.79 Å². The fraction of sp³-hybridized carbons (Fsp3) is 0.136. The molecule has 3 heterocycles. The van der Waals surface area contributed by atoms with Gasteiger partial charge in [-0.05, 0) is 19.1 Å². The third-order valence-corrected chi connectivity index (χ3v) is 4.61. The summed E-state index contributed by atoms with van der Waals surface area (Å²) in [6, 6.07) is 12.9. The third kappa shape index (κ3) is 4.06. The summed E-state index contributed by atoms with van der Waals surface area (Å²) in [6.07, 6.45) is 3.32. The molecule has 156 valence electrons. The topological polar surface area (TPSA) is 115 Å². The molecule has 3 aromatic heterocycles. The molecule has 9 heteroatoms. The molecule has 4 aromatic rings. The molecule has 0 saturated carbocycles. The molecule has 0 fully saturated rings. The number of anilines is 2. The van der Waals surface area contributed by atoms with Gasteiger partial charge in [0.1, 0.15) is 22.7 Å². The molecule has 0 bridgehead atoms. The van der Waals surface area contributed by atoms with Crippen LogP contribution in [0.2, 0.25) is 0 Å². The Morgan fingerprint density at radius 3 is 2.45 bits per heavy atom. The monoisotopic (exact) mass is 416 g/mol. The first-order valence-corrected chi connectivity index (χ1v) is 9.49. The van der Waals surface area contributed by atoms with E-state index in [1.807, 2.05) is 30.3 Å². The lowest BCUT2D eigenvalue weighted by atomic mass is 10.1. The predicted octanol–water partition coefficient (Wildman–Crippen LogP) is 3.80. The molecule has 0 aliphatic carbocycles. The van der Waals surface area contributed by atoms with Crippen molar-refractivity contribution in [1.82, 2.24) is 20.1 Å². The normalized spacial score (nSPS) is 10.5. The van der Waals surface area contributed by atoms with Crippen LogP contribution in [0.5, 0.6) is 5.88 Å². The molecule has 9 nitrogen and oxygen atoms in total. The number of aryl methyl sites for hydroxylation is 1. The van der Waals surface area contributed by atoms with E-state index < -0.39 is 0 Å². The molecule has 0 saturated heterocycles. The maximum Gasteiger partial charge on any atom is 0.261 e. The van der Waals surface area contributed by atoms with Crippen LogP contribution in [0.3, 0.4) is 0 Å². The summed E-state index contributed by atoms with van der Waals surface area (Å²) in [6.45, 7) is 1.70. The zero-order valence-corrected chi connectivity index (χ0v) is 17.2. The maximum atomic E-state index is 13.1. The SMILES string of the molecule is CNc1ncc(-c2ccc(NC(=O)c3c(-c4ccccc4)noc3C)c(OC)n2)cn1. The van der Waals surface area contributed by atoms with E-state index in [0.29, 0.717) is 34.3 Å². The standard InChI is InChI=1S/C22H20N6O3/c1-13-18(19(28-31-13)14-7-5-4-6-8-14)20(29)26-17-10-9-16(27-21(17)30-3)15-11-24-22(23-2)25-12-15/h4-12H,1-3H3,(H,26,29)(H,23,24,25). The van der Waals surface area contributed by atoms with Gasteiger partial charge in [-0.15, -0.1) is 0 Å². The van der Waals surface area contributed by atoms with Crippen LogP contribution in [0.25, 0.3) is 22.5 Å².